The van der Waals surface area contributed by atoms with Gasteiger partial charge in [0.2, 0.25) is 5.91 Å². The third-order valence-corrected chi connectivity index (χ3v) is 3.14. The van der Waals surface area contributed by atoms with E-state index < -0.39 is 0 Å². The highest BCUT2D eigenvalue weighted by Crippen LogP contribution is 2.17. The molecule has 1 aromatic carbocycles. The number of phenolic OH excluding ortho intramolecular Hbond substituents is 1. The summed E-state index contributed by atoms with van der Waals surface area (Å²) in [5.41, 5.74) is 1.13. The summed E-state index contributed by atoms with van der Waals surface area (Å²) in [5, 5.41) is 12.3. The molecule has 5 nitrogen and oxygen atoms in total. The Hall–Kier alpha value is -2.04. The Labute approximate surface area is 119 Å². The number of carbonyl (C=O) groups is 2. The van der Waals surface area contributed by atoms with E-state index in [9.17, 15) is 14.7 Å². The Morgan fingerprint density at radius 2 is 1.90 bits per heavy atom. The average molecular weight is 278 g/mol. The van der Waals surface area contributed by atoms with Crippen molar-refractivity contribution in [3.8, 4) is 5.75 Å². The molecular formula is C15H22N2O3. The molecule has 1 rings (SSSR count). The lowest BCUT2D eigenvalue weighted by molar-refractivity contribution is -0.130. The van der Waals surface area contributed by atoms with Crippen molar-refractivity contribution in [1.29, 1.82) is 0 Å². The molecule has 0 radical (unpaired) electrons. The lowest BCUT2D eigenvalue weighted by Crippen LogP contribution is -2.34. The summed E-state index contributed by atoms with van der Waals surface area (Å²) >= 11 is 0. The second-order valence-corrected chi connectivity index (χ2v) is 4.59. The van der Waals surface area contributed by atoms with E-state index in [0.29, 0.717) is 13.1 Å². The molecule has 5 heteroatoms. The van der Waals surface area contributed by atoms with Crippen LogP contribution in [0.15, 0.2) is 18.2 Å². The van der Waals surface area contributed by atoms with Crippen LogP contribution in [0.2, 0.25) is 0 Å². The van der Waals surface area contributed by atoms with Crippen molar-refractivity contribution in [2.45, 2.75) is 27.2 Å². The molecule has 0 aromatic heterocycles. The van der Waals surface area contributed by atoms with E-state index in [2.05, 4.69) is 5.32 Å². The quantitative estimate of drug-likeness (QED) is 0.832. The van der Waals surface area contributed by atoms with Crippen molar-refractivity contribution in [1.82, 2.24) is 10.2 Å². The Balaban J connectivity index is 2.52. The van der Waals surface area contributed by atoms with Gasteiger partial charge in [0.1, 0.15) is 5.75 Å². The van der Waals surface area contributed by atoms with Crippen molar-refractivity contribution in [3.05, 3.63) is 29.3 Å². The molecule has 110 valence electrons. The van der Waals surface area contributed by atoms with Gasteiger partial charge in [-0.15, -0.1) is 0 Å². The third kappa shape index (κ3) is 4.26. The number of aromatic hydroxyl groups is 1. The Bertz CT molecular complexity index is 482. The van der Waals surface area contributed by atoms with Crippen LogP contribution in [0.25, 0.3) is 0 Å². The van der Waals surface area contributed by atoms with Gasteiger partial charge in [0, 0.05) is 26.1 Å². The predicted molar refractivity (Wildman–Crippen MR) is 77.7 cm³/mol. The number of hydrogen-bond donors (Lipinski definition) is 2. The summed E-state index contributed by atoms with van der Waals surface area (Å²) < 4.78 is 0. The van der Waals surface area contributed by atoms with Crippen molar-refractivity contribution >= 4 is 11.8 Å². The first-order valence-electron chi connectivity index (χ1n) is 6.85. The molecule has 0 saturated carbocycles. The lowest BCUT2D eigenvalue weighted by atomic mass is 10.1. The van der Waals surface area contributed by atoms with E-state index in [4.69, 9.17) is 0 Å². The van der Waals surface area contributed by atoms with Crippen LogP contribution in [0, 0.1) is 6.92 Å². The van der Waals surface area contributed by atoms with Crippen molar-refractivity contribution in [3.63, 3.8) is 0 Å². The average Bonchev–Trinajstić information content (AvgIpc) is 2.42. The minimum absolute atomic E-state index is 0.0174. The first-order valence-corrected chi connectivity index (χ1v) is 6.85. The summed E-state index contributed by atoms with van der Waals surface area (Å²) in [4.78, 5) is 25.4. The maximum Gasteiger partial charge on any atom is 0.255 e. The molecule has 0 bridgehead atoms. The van der Waals surface area contributed by atoms with Gasteiger partial charge in [0.25, 0.3) is 5.91 Å². The molecule has 0 atom stereocenters. The second-order valence-electron chi connectivity index (χ2n) is 4.59. The summed E-state index contributed by atoms with van der Waals surface area (Å²) in [5.74, 6) is -0.398. The van der Waals surface area contributed by atoms with Gasteiger partial charge in [-0.2, -0.15) is 0 Å². The highest BCUT2D eigenvalue weighted by molar-refractivity contribution is 5.97. The first kappa shape index (κ1) is 16.0. The van der Waals surface area contributed by atoms with Gasteiger partial charge < -0.3 is 15.3 Å². The van der Waals surface area contributed by atoms with Crippen molar-refractivity contribution in [2.24, 2.45) is 0 Å². The monoisotopic (exact) mass is 278 g/mol. The van der Waals surface area contributed by atoms with Gasteiger partial charge in [-0.1, -0.05) is 11.6 Å². The van der Waals surface area contributed by atoms with Crippen LogP contribution in [0.4, 0.5) is 0 Å². The second kappa shape index (κ2) is 7.53. The smallest absolute Gasteiger partial charge is 0.255 e. The number of rotatable bonds is 6. The van der Waals surface area contributed by atoms with Gasteiger partial charge in [-0.25, -0.2) is 0 Å². The molecule has 1 aromatic rings. The van der Waals surface area contributed by atoms with Crippen LogP contribution >= 0.6 is 0 Å². The van der Waals surface area contributed by atoms with Crippen LogP contribution in [0.3, 0.4) is 0 Å². The maximum absolute atomic E-state index is 11.9. The third-order valence-electron chi connectivity index (χ3n) is 3.14. The van der Waals surface area contributed by atoms with Crippen LogP contribution < -0.4 is 5.32 Å². The van der Waals surface area contributed by atoms with Gasteiger partial charge in [-0.3, -0.25) is 9.59 Å². The van der Waals surface area contributed by atoms with Crippen molar-refractivity contribution < 1.29 is 14.7 Å². The number of nitrogens with zero attached hydrogens (tertiary/aromatic N) is 1. The molecule has 0 unspecified atom stereocenters. The number of phenols is 1. The molecule has 0 fully saturated rings. The molecule has 0 spiro atoms. The Kier molecular flexibility index (Phi) is 6.03. The number of carbonyl (C=O) groups excluding carboxylic acids is 2. The Morgan fingerprint density at radius 3 is 2.50 bits per heavy atom. The standard InChI is InChI=1S/C15H22N2O3/c1-4-17(5-2)14(19)8-9-16-15(20)12-10-11(3)6-7-13(12)18/h6-7,10,18H,4-5,8-9H2,1-3H3,(H,16,20). The van der Waals surface area contributed by atoms with Crippen LogP contribution in [-0.2, 0) is 4.79 Å². The maximum atomic E-state index is 11.9. The largest absolute Gasteiger partial charge is 0.507 e. The molecule has 2 N–H and O–H groups in total. The predicted octanol–water partition coefficient (Wildman–Crippen LogP) is 1.69. The first-order chi connectivity index (χ1) is 9.49. The topological polar surface area (TPSA) is 69.6 Å². The zero-order valence-corrected chi connectivity index (χ0v) is 12.3. The normalized spacial score (nSPS) is 10.2. The lowest BCUT2D eigenvalue weighted by Gasteiger charge is -2.18. The highest BCUT2D eigenvalue weighted by Gasteiger charge is 2.13. The zero-order chi connectivity index (χ0) is 15.1. The van der Waals surface area contributed by atoms with Gasteiger partial charge in [-0.05, 0) is 32.9 Å². The van der Waals surface area contributed by atoms with E-state index in [1.807, 2.05) is 20.8 Å². The van der Waals surface area contributed by atoms with Crippen LogP contribution in [0.1, 0.15) is 36.2 Å². The van der Waals surface area contributed by atoms with Gasteiger partial charge >= 0.3 is 0 Å². The summed E-state index contributed by atoms with van der Waals surface area (Å²) in [6.07, 6.45) is 0.264. The van der Waals surface area contributed by atoms with Gasteiger partial charge in [0.05, 0.1) is 5.56 Å². The molecule has 0 heterocycles. The molecule has 2 amide bonds. The molecule has 0 aliphatic heterocycles. The molecule has 20 heavy (non-hydrogen) atoms. The van der Waals surface area contributed by atoms with E-state index >= 15 is 0 Å². The fourth-order valence-electron chi connectivity index (χ4n) is 1.94. The number of nitrogens with one attached hydrogen (secondary N) is 1. The Morgan fingerprint density at radius 1 is 1.25 bits per heavy atom. The molecule has 0 aliphatic rings. The van der Waals surface area contributed by atoms with E-state index in [0.717, 1.165) is 5.56 Å². The minimum atomic E-state index is -0.362. The molecule has 0 aliphatic carbocycles. The van der Waals surface area contributed by atoms with E-state index in [1.54, 1.807) is 17.0 Å². The molecule has 0 saturated heterocycles. The van der Waals surface area contributed by atoms with Crippen LogP contribution in [0.5, 0.6) is 5.75 Å². The summed E-state index contributed by atoms with van der Waals surface area (Å²) in [7, 11) is 0. The number of amides is 2. The number of aryl methyl sites for hydroxylation is 1. The van der Waals surface area contributed by atoms with E-state index in [-0.39, 0.29) is 36.1 Å². The highest BCUT2D eigenvalue weighted by atomic mass is 16.3. The fraction of sp³-hybridized carbons (Fsp3) is 0.467. The SMILES string of the molecule is CCN(CC)C(=O)CCNC(=O)c1cc(C)ccc1O. The number of hydrogen-bond acceptors (Lipinski definition) is 3. The summed E-state index contributed by atoms with van der Waals surface area (Å²) in [6.45, 7) is 7.29. The van der Waals surface area contributed by atoms with E-state index in [1.165, 1.54) is 6.07 Å². The van der Waals surface area contributed by atoms with Gasteiger partial charge in [0.15, 0.2) is 0 Å². The molecular weight excluding hydrogens is 256 g/mol. The van der Waals surface area contributed by atoms with Crippen LogP contribution in [-0.4, -0.2) is 41.5 Å². The summed E-state index contributed by atoms with van der Waals surface area (Å²) in [6, 6.07) is 4.85. The minimum Gasteiger partial charge on any atom is -0.507 e. The van der Waals surface area contributed by atoms with Crippen molar-refractivity contribution in [2.75, 3.05) is 19.6 Å². The zero-order valence-electron chi connectivity index (χ0n) is 12.3. The fourth-order valence-corrected chi connectivity index (χ4v) is 1.94. The number of benzene rings is 1.